The van der Waals surface area contributed by atoms with Gasteiger partial charge in [-0.15, -0.1) is 0 Å². The number of carboxylic acid groups (broad SMARTS) is 1. The van der Waals surface area contributed by atoms with Crippen LogP contribution in [-0.4, -0.2) is 28.8 Å². The number of rotatable bonds is 5. The maximum absolute atomic E-state index is 11.8. The number of carboxylic acids is 1. The zero-order chi connectivity index (χ0) is 15.5. The number of aliphatic carboxylic acids is 1. The lowest BCUT2D eigenvalue weighted by molar-refractivity contribution is -0.148. The van der Waals surface area contributed by atoms with Gasteiger partial charge >= 0.3 is 12.0 Å². The fourth-order valence-corrected chi connectivity index (χ4v) is 2.75. The molecule has 1 aromatic rings. The molecule has 3 N–H and O–H groups in total. The maximum Gasteiger partial charge on any atom is 0.315 e. The van der Waals surface area contributed by atoms with E-state index in [2.05, 4.69) is 15.8 Å². The lowest BCUT2D eigenvalue weighted by Crippen LogP contribution is -2.44. The van der Waals surface area contributed by atoms with Crippen LogP contribution in [0.1, 0.15) is 42.7 Å². The number of nitrogens with one attached hydrogen (secondary N) is 2. The lowest BCUT2D eigenvalue weighted by atomic mass is 9.86. The van der Waals surface area contributed by atoms with Gasteiger partial charge in [0.1, 0.15) is 5.76 Å². The van der Waals surface area contributed by atoms with Gasteiger partial charge < -0.3 is 20.3 Å². The molecule has 0 saturated heterocycles. The first kappa shape index (κ1) is 15.3. The van der Waals surface area contributed by atoms with Crippen LogP contribution in [0.25, 0.3) is 0 Å². The molecule has 116 valence electrons. The zero-order valence-corrected chi connectivity index (χ0v) is 12.4. The van der Waals surface area contributed by atoms with Crippen molar-refractivity contribution in [1.82, 2.24) is 15.8 Å². The molecule has 0 aliphatic heterocycles. The Morgan fingerprint density at radius 2 is 1.95 bits per heavy atom. The zero-order valence-electron chi connectivity index (χ0n) is 12.4. The monoisotopic (exact) mass is 295 g/mol. The molecule has 1 saturated carbocycles. The number of amides is 2. The van der Waals surface area contributed by atoms with E-state index in [0.717, 1.165) is 24.1 Å². The number of nitrogens with zero attached hydrogens (tertiary/aromatic N) is 1. The number of carbonyl (C=O) groups excluding carboxylic acids is 1. The van der Waals surface area contributed by atoms with Crippen molar-refractivity contribution in [2.45, 2.75) is 46.1 Å². The van der Waals surface area contributed by atoms with Crippen LogP contribution in [0.5, 0.6) is 0 Å². The Kier molecular flexibility index (Phi) is 4.50. The highest BCUT2D eigenvalue weighted by Crippen LogP contribution is 2.37. The first-order chi connectivity index (χ1) is 9.94. The molecule has 0 unspecified atom stereocenters. The Morgan fingerprint density at radius 3 is 2.48 bits per heavy atom. The Balaban J connectivity index is 1.84. The average Bonchev–Trinajstić information content (AvgIpc) is 3.04. The van der Waals surface area contributed by atoms with E-state index in [4.69, 9.17) is 4.52 Å². The minimum absolute atomic E-state index is 0.162. The number of hydrogen-bond donors (Lipinski definition) is 3. The van der Waals surface area contributed by atoms with Gasteiger partial charge in [0.2, 0.25) is 0 Å². The van der Waals surface area contributed by atoms with Crippen LogP contribution >= 0.6 is 0 Å². The van der Waals surface area contributed by atoms with Gasteiger partial charge in [-0.3, -0.25) is 4.79 Å². The maximum atomic E-state index is 11.8. The van der Waals surface area contributed by atoms with E-state index < -0.39 is 11.4 Å². The van der Waals surface area contributed by atoms with Crippen LogP contribution in [0, 0.1) is 19.3 Å². The van der Waals surface area contributed by atoms with Crippen molar-refractivity contribution in [3.8, 4) is 0 Å². The Bertz CT molecular complexity index is 513. The van der Waals surface area contributed by atoms with Gasteiger partial charge in [-0.2, -0.15) is 0 Å². The minimum Gasteiger partial charge on any atom is -0.481 e. The smallest absolute Gasteiger partial charge is 0.315 e. The van der Waals surface area contributed by atoms with Crippen molar-refractivity contribution < 1.29 is 19.2 Å². The summed E-state index contributed by atoms with van der Waals surface area (Å²) in [5.74, 6) is -0.156. The van der Waals surface area contributed by atoms with Crippen LogP contribution < -0.4 is 10.6 Å². The summed E-state index contributed by atoms with van der Waals surface area (Å²) in [5, 5.41) is 18.5. The van der Waals surface area contributed by atoms with Gasteiger partial charge in [0, 0.05) is 18.7 Å². The van der Waals surface area contributed by atoms with E-state index in [9.17, 15) is 14.7 Å². The summed E-state index contributed by atoms with van der Waals surface area (Å²) in [4.78, 5) is 23.2. The fourth-order valence-electron chi connectivity index (χ4n) is 2.75. The Morgan fingerprint density at radius 1 is 1.29 bits per heavy atom. The third-order valence-corrected chi connectivity index (χ3v) is 4.21. The van der Waals surface area contributed by atoms with E-state index in [1.54, 1.807) is 6.92 Å². The van der Waals surface area contributed by atoms with Crippen molar-refractivity contribution in [3.05, 3.63) is 17.0 Å². The van der Waals surface area contributed by atoms with E-state index in [1.807, 2.05) is 6.92 Å². The molecular weight excluding hydrogens is 274 g/mol. The number of aryl methyl sites for hydroxylation is 2. The van der Waals surface area contributed by atoms with Crippen LogP contribution in [-0.2, 0) is 11.3 Å². The average molecular weight is 295 g/mol. The molecule has 2 rings (SSSR count). The summed E-state index contributed by atoms with van der Waals surface area (Å²) in [5.41, 5.74) is 0.782. The summed E-state index contributed by atoms with van der Waals surface area (Å²) >= 11 is 0. The highest BCUT2D eigenvalue weighted by atomic mass is 16.5. The molecule has 1 fully saturated rings. The molecule has 0 atom stereocenters. The molecule has 21 heavy (non-hydrogen) atoms. The highest BCUT2D eigenvalue weighted by Gasteiger charge is 2.41. The van der Waals surface area contributed by atoms with Crippen molar-refractivity contribution in [2.75, 3.05) is 6.54 Å². The summed E-state index contributed by atoms with van der Waals surface area (Å²) in [6.45, 7) is 4.07. The van der Waals surface area contributed by atoms with Crippen LogP contribution in [0.2, 0.25) is 0 Å². The van der Waals surface area contributed by atoms with E-state index in [-0.39, 0.29) is 12.6 Å². The van der Waals surface area contributed by atoms with Crippen LogP contribution in [0.3, 0.4) is 0 Å². The molecule has 1 aliphatic carbocycles. The molecular formula is C14H21N3O4. The summed E-state index contributed by atoms with van der Waals surface area (Å²) in [6.07, 6.45) is 3.03. The Labute approximate surface area is 123 Å². The highest BCUT2D eigenvalue weighted by molar-refractivity contribution is 5.78. The summed E-state index contributed by atoms with van der Waals surface area (Å²) in [6, 6.07) is -0.373. The molecule has 1 aromatic heterocycles. The first-order valence-electron chi connectivity index (χ1n) is 7.11. The molecule has 0 spiro atoms. The molecule has 2 amide bonds. The predicted molar refractivity (Wildman–Crippen MR) is 74.8 cm³/mol. The van der Waals surface area contributed by atoms with Crippen molar-refractivity contribution in [2.24, 2.45) is 5.41 Å². The first-order valence-corrected chi connectivity index (χ1v) is 7.11. The Hall–Kier alpha value is -2.05. The molecule has 0 bridgehead atoms. The summed E-state index contributed by atoms with van der Waals surface area (Å²) in [7, 11) is 0. The molecule has 1 aliphatic rings. The summed E-state index contributed by atoms with van der Waals surface area (Å²) < 4.78 is 5.02. The molecule has 7 heteroatoms. The quantitative estimate of drug-likeness (QED) is 0.767. The third-order valence-electron chi connectivity index (χ3n) is 4.21. The van der Waals surface area contributed by atoms with Crippen LogP contribution in [0.15, 0.2) is 4.52 Å². The number of urea groups is 1. The molecule has 7 nitrogen and oxygen atoms in total. The minimum atomic E-state index is -0.828. The van der Waals surface area contributed by atoms with Gasteiger partial charge in [0.05, 0.1) is 11.1 Å². The largest absolute Gasteiger partial charge is 0.481 e. The number of aromatic nitrogens is 1. The lowest BCUT2D eigenvalue weighted by Gasteiger charge is -2.24. The number of hydrogen-bond acceptors (Lipinski definition) is 4. The third kappa shape index (κ3) is 3.34. The van der Waals surface area contributed by atoms with Crippen molar-refractivity contribution in [3.63, 3.8) is 0 Å². The van der Waals surface area contributed by atoms with E-state index >= 15 is 0 Å². The predicted octanol–water partition coefficient (Wildman–Crippen LogP) is 1.74. The van der Waals surface area contributed by atoms with Gasteiger partial charge in [-0.1, -0.05) is 18.0 Å². The van der Waals surface area contributed by atoms with Crippen LogP contribution in [0.4, 0.5) is 4.79 Å². The van der Waals surface area contributed by atoms with Gasteiger partial charge in [0.25, 0.3) is 0 Å². The molecule has 0 radical (unpaired) electrons. The van der Waals surface area contributed by atoms with Crippen molar-refractivity contribution in [1.29, 1.82) is 0 Å². The van der Waals surface area contributed by atoms with Crippen molar-refractivity contribution >= 4 is 12.0 Å². The molecule has 0 aromatic carbocycles. The van der Waals surface area contributed by atoms with Gasteiger partial charge in [-0.05, 0) is 26.7 Å². The second-order valence-electron chi connectivity index (χ2n) is 5.63. The fraction of sp³-hybridized carbons (Fsp3) is 0.643. The van der Waals surface area contributed by atoms with Gasteiger partial charge in [-0.25, -0.2) is 4.79 Å². The molecule has 1 heterocycles. The standard InChI is InChI=1S/C14H21N3O4/c1-9-11(10(2)21-17-9)7-15-13(20)16-8-14(12(18)19)5-3-4-6-14/h3-8H2,1-2H3,(H,18,19)(H2,15,16,20). The number of carbonyl (C=O) groups is 2. The SMILES string of the molecule is Cc1noc(C)c1CNC(=O)NCC1(C(=O)O)CCCC1. The van der Waals surface area contributed by atoms with E-state index in [0.29, 0.717) is 25.1 Å². The second kappa shape index (κ2) is 6.15. The topological polar surface area (TPSA) is 104 Å². The normalized spacial score (nSPS) is 16.7. The second-order valence-corrected chi connectivity index (χ2v) is 5.63. The van der Waals surface area contributed by atoms with E-state index in [1.165, 1.54) is 0 Å². The van der Waals surface area contributed by atoms with Gasteiger partial charge in [0.15, 0.2) is 0 Å².